The first-order valence-corrected chi connectivity index (χ1v) is 8.14. The summed E-state index contributed by atoms with van der Waals surface area (Å²) in [6, 6.07) is 8.14. The topological polar surface area (TPSA) is 130 Å². The van der Waals surface area contributed by atoms with Crippen molar-refractivity contribution in [3.8, 4) is 5.75 Å². The highest BCUT2D eigenvalue weighted by atomic mass is 19.4. The van der Waals surface area contributed by atoms with Crippen molar-refractivity contribution in [3.63, 3.8) is 0 Å². The number of H-pyrrole nitrogens is 1. The number of esters is 1. The maximum absolute atomic E-state index is 12.6. The fourth-order valence-electron chi connectivity index (χ4n) is 2.69. The van der Waals surface area contributed by atoms with Gasteiger partial charge in [-0.05, 0) is 23.7 Å². The molecular weight excluding hydrogens is 394 g/mol. The van der Waals surface area contributed by atoms with Crippen LogP contribution in [0.3, 0.4) is 0 Å². The largest absolute Gasteiger partial charge is 0.491 e. The number of nitrogens with two attached hydrogens (primary N) is 1. The molecule has 2 aromatic carbocycles. The second kappa shape index (κ2) is 7.56. The Morgan fingerprint density at radius 1 is 1.17 bits per heavy atom. The molecule has 1 heterocycles. The van der Waals surface area contributed by atoms with E-state index in [9.17, 15) is 32.8 Å². The van der Waals surface area contributed by atoms with Gasteiger partial charge in [0.05, 0.1) is 0 Å². The normalized spacial score (nSPS) is 11.5. The van der Waals surface area contributed by atoms with Crippen molar-refractivity contribution < 1.29 is 42.1 Å². The number of hydrogen-bond donors (Lipinski definition) is 4. The van der Waals surface area contributed by atoms with E-state index in [0.717, 1.165) is 6.07 Å². The number of imidazole rings is 1. The van der Waals surface area contributed by atoms with Crippen molar-refractivity contribution in [3.05, 3.63) is 53.9 Å². The number of nitrogens with zero attached hydrogens (tertiary/aromatic N) is 1. The Kier molecular flexibility index (Phi) is 5.31. The molecule has 5 N–H and O–H groups in total. The predicted molar refractivity (Wildman–Crippen MR) is 94.1 cm³/mol. The number of nitrogens with one attached hydrogen (secondary N) is 1. The number of halogens is 3. The molecule has 29 heavy (non-hydrogen) atoms. The molecule has 3 aromatic rings. The van der Waals surface area contributed by atoms with Crippen molar-refractivity contribution >= 4 is 35.5 Å². The van der Waals surface area contributed by atoms with Gasteiger partial charge in [0.1, 0.15) is 12.3 Å². The van der Waals surface area contributed by atoms with Crippen LogP contribution in [0.25, 0.3) is 11.0 Å². The fourth-order valence-corrected chi connectivity index (χ4v) is 2.69. The number of alkyl halides is 3. The Labute approximate surface area is 161 Å². The fraction of sp³-hybridized carbons (Fsp3) is 0.118. The minimum atomic E-state index is -5.23. The highest BCUT2D eigenvalue weighted by molar-refractivity contribution is 6.58. The van der Waals surface area contributed by atoms with E-state index in [0.29, 0.717) is 11.0 Å². The molecule has 0 aliphatic heterocycles. The van der Waals surface area contributed by atoms with Crippen LogP contribution in [0.5, 0.6) is 5.75 Å². The minimum Gasteiger partial charge on any atom is -0.423 e. The van der Waals surface area contributed by atoms with E-state index in [2.05, 4.69) is 9.72 Å². The lowest BCUT2D eigenvalue weighted by Crippen LogP contribution is -2.35. The third-order valence-corrected chi connectivity index (χ3v) is 4.13. The van der Waals surface area contributed by atoms with Gasteiger partial charge < -0.3 is 20.5 Å². The lowest BCUT2D eigenvalue weighted by atomic mass is 9.80. The molecule has 0 aliphatic rings. The van der Waals surface area contributed by atoms with Crippen molar-refractivity contribution in [1.29, 1.82) is 0 Å². The van der Waals surface area contributed by atoms with E-state index < -0.39 is 30.9 Å². The van der Waals surface area contributed by atoms with Crippen LogP contribution < -0.4 is 20.5 Å². The highest BCUT2D eigenvalue weighted by Crippen LogP contribution is 2.23. The van der Waals surface area contributed by atoms with Gasteiger partial charge in [-0.15, -0.1) is 0 Å². The van der Waals surface area contributed by atoms with Crippen molar-refractivity contribution in [1.82, 2.24) is 4.98 Å². The zero-order valence-electron chi connectivity index (χ0n) is 14.6. The van der Waals surface area contributed by atoms with Crippen LogP contribution in [-0.2, 0) is 11.3 Å². The lowest BCUT2D eigenvalue weighted by Gasteiger charge is -2.12. The molecule has 3 rings (SSSR count). The monoisotopic (exact) mass is 408 g/mol. The van der Waals surface area contributed by atoms with E-state index in [4.69, 9.17) is 5.73 Å². The number of aromatic nitrogens is 2. The molecule has 0 fully saturated rings. The number of carbonyl (C=O) groups excluding carboxylic acids is 2. The number of aromatic amines is 1. The molecule has 0 spiro atoms. The van der Waals surface area contributed by atoms with Gasteiger partial charge in [-0.1, -0.05) is 12.1 Å². The number of primary amides is 1. The SMILES string of the molecule is NC(=O)c1ccc2[nH]c[n+](Cc3ccc(B(O)O)cc3OC(=O)C(F)(F)F)c2c1. The highest BCUT2D eigenvalue weighted by Gasteiger charge is 2.41. The van der Waals surface area contributed by atoms with E-state index >= 15 is 0 Å². The van der Waals surface area contributed by atoms with Crippen LogP contribution in [0.15, 0.2) is 42.7 Å². The summed E-state index contributed by atoms with van der Waals surface area (Å²) < 4.78 is 43.8. The van der Waals surface area contributed by atoms with Gasteiger partial charge in [0.15, 0.2) is 11.0 Å². The molecule has 1 amide bonds. The second-order valence-electron chi connectivity index (χ2n) is 6.13. The first kappa shape index (κ1) is 20.4. The summed E-state index contributed by atoms with van der Waals surface area (Å²) in [6.45, 7) is -0.0511. The summed E-state index contributed by atoms with van der Waals surface area (Å²) in [6.07, 6.45) is -3.71. The summed E-state index contributed by atoms with van der Waals surface area (Å²) in [5, 5.41) is 18.5. The van der Waals surface area contributed by atoms with Gasteiger partial charge in [-0.2, -0.15) is 13.2 Å². The zero-order valence-corrected chi connectivity index (χ0v) is 14.6. The van der Waals surface area contributed by atoms with E-state index in [-0.39, 0.29) is 23.1 Å². The third kappa shape index (κ3) is 4.38. The molecule has 8 nitrogen and oxygen atoms in total. The smallest absolute Gasteiger partial charge is 0.423 e. The van der Waals surface area contributed by atoms with E-state index in [1.54, 1.807) is 10.6 Å². The molecule has 0 saturated carbocycles. The molecule has 150 valence electrons. The first-order valence-electron chi connectivity index (χ1n) is 8.14. The van der Waals surface area contributed by atoms with Crippen LogP contribution in [-0.4, -0.2) is 40.2 Å². The average Bonchev–Trinajstić information content (AvgIpc) is 3.04. The Morgan fingerprint density at radius 3 is 2.52 bits per heavy atom. The summed E-state index contributed by atoms with van der Waals surface area (Å²) in [5.41, 5.74) is 6.66. The molecule has 0 bridgehead atoms. The van der Waals surface area contributed by atoms with Gasteiger partial charge in [0.2, 0.25) is 12.2 Å². The zero-order chi connectivity index (χ0) is 21.3. The number of fused-ring (bicyclic) bond motifs is 1. The third-order valence-electron chi connectivity index (χ3n) is 4.13. The number of benzene rings is 2. The second-order valence-corrected chi connectivity index (χ2v) is 6.13. The van der Waals surface area contributed by atoms with Crippen LogP contribution in [0.1, 0.15) is 15.9 Å². The minimum absolute atomic E-state index is 0.0511. The standard InChI is InChI=1S/C17H13BF3N3O5/c19-17(20,21)16(26)29-14-6-11(18(27)28)3-1-10(14)7-24-8-23-12-4-2-9(15(22)25)5-13(12)24/h1-6,8,27-28H,7H2,(H2,22,25)/p+1. The Morgan fingerprint density at radius 2 is 1.90 bits per heavy atom. The number of carbonyl (C=O) groups is 2. The molecule has 0 aliphatic carbocycles. The average molecular weight is 408 g/mol. The number of hydrogen-bond acceptors (Lipinski definition) is 5. The van der Waals surface area contributed by atoms with Crippen molar-refractivity contribution in [2.24, 2.45) is 5.73 Å². The molecule has 0 unspecified atom stereocenters. The van der Waals surface area contributed by atoms with Gasteiger partial charge in [0, 0.05) is 17.2 Å². The Balaban J connectivity index is 2.02. The molecule has 12 heteroatoms. The molecule has 1 aromatic heterocycles. The van der Waals surface area contributed by atoms with Crippen LogP contribution >= 0.6 is 0 Å². The van der Waals surface area contributed by atoms with Crippen LogP contribution in [0, 0.1) is 0 Å². The number of ether oxygens (including phenoxy) is 1. The van der Waals surface area contributed by atoms with E-state index in [1.807, 2.05) is 0 Å². The summed E-state index contributed by atoms with van der Waals surface area (Å²) in [7, 11) is -1.97. The Bertz CT molecular complexity index is 1100. The maximum atomic E-state index is 12.6. The molecule has 0 atom stereocenters. The van der Waals surface area contributed by atoms with Crippen LogP contribution in [0.2, 0.25) is 0 Å². The Hall–Kier alpha value is -3.38. The first-order chi connectivity index (χ1) is 13.6. The van der Waals surface area contributed by atoms with Gasteiger partial charge >= 0.3 is 19.3 Å². The lowest BCUT2D eigenvalue weighted by molar-refractivity contribution is -0.662. The van der Waals surface area contributed by atoms with Crippen LogP contribution in [0.4, 0.5) is 13.2 Å². The molecular formula is C17H14BF3N3O5+. The quantitative estimate of drug-likeness (QED) is 0.200. The molecule has 0 saturated heterocycles. The maximum Gasteiger partial charge on any atom is 0.491 e. The van der Waals surface area contributed by atoms with Gasteiger partial charge in [-0.3, -0.25) is 4.79 Å². The number of rotatable bonds is 5. The molecule has 0 radical (unpaired) electrons. The van der Waals surface area contributed by atoms with Gasteiger partial charge in [0.25, 0.3) is 0 Å². The van der Waals surface area contributed by atoms with E-state index in [1.165, 1.54) is 30.6 Å². The summed E-state index contributed by atoms with van der Waals surface area (Å²) in [5.74, 6) is -3.57. The summed E-state index contributed by atoms with van der Waals surface area (Å²) >= 11 is 0. The van der Waals surface area contributed by atoms with Crippen molar-refractivity contribution in [2.75, 3.05) is 0 Å². The number of amides is 1. The van der Waals surface area contributed by atoms with Crippen molar-refractivity contribution in [2.45, 2.75) is 12.7 Å². The van der Waals surface area contributed by atoms with Gasteiger partial charge in [-0.25, -0.2) is 14.3 Å². The predicted octanol–water partition coefficient (Wildman–Crippen LogP) is -0.250. The summed E-state index contributed by atoms with van der Waals surface area (Å²) in [4.78, 5) is 25.6.